The van der Waals surface area contributed by atoms with Crippen LogP contribution in [0.1, 0.15) is 22.8 Å². The number of para-hydroxylation sites is 1. The lowest BCUT2D eigenvalue weighted by Gasteiger charge is -2.09. The fraction of sp³-hybridized carbons (Fsp3) is 0.188. The molecule has 0 bridgehead atoms. The molecule has 0 radical (unpaired) electrons. The van der Waals surface area contributed by atoms with Crippen LogP contribution in [0.2, 0.25) is 0 Å². The molecule has 0 unspecified atom stereocenters. The Morgan fingerprint density at radius 2 is 2.09 bits per heavy atom. The van der Waals surface area contributed by atoms with Crippen molar-refractivity contribution in [2.45, 2.75) is 13.3 Å². The van der Waals surface area contributed by atoms with Crippen molar-refractivity contribution in [3.63, 3.8) is 0 Å². The summed E-state index contributed by atoms with van der Waals surface area (Å²) in [5, 5.41) is 13.6. The molecule has 0 aliphatic heterocycles. The summed E-state index contributed by atoms with van der Waals surface area (Å²) in [6, 6.07) is 8.47. The highest BCUT2D eigenvalue weighted by molar-refractivity contribution is 6.07. The Bertz CT molecular complexity index is 762. The van der Waals surface area contributed by atoms with E-state index in [4.69, 9.17) is 4.74 Å². The molecule has 0 heterocycles. The van der Waals surface area contributed by atoms with Crippen LogP contribution in [0, 0.1) is 15.9 Å². The van der Waals surface area contributed by atoms with Gasteiger partial charge in [-0.2, -0.15) is 0 Å². The molecule has 0 atom stereocenters. The van der Waals surface area contributed by atoms with Gasteiger partial charge in [0.2, 0.25) is 0 Å². The number of hydrogen-bond donors (Lipinski definition) is 1. The van der Waals surface area contributed by atoms with E-state index >= 15 is 0 Å². The van der Waals surface area contributed by atoms with Crippen LogP contribution in [0.15, 0.2) is 36.4 Å². The lowest BCUT2D eigenvalue weighted by molar-refractivity contribution is -0.386. The van der Waals surface area contributed by atoms with Gasteiger partial charge in [0.1, 0.15) is 11.4 Å². The Balaban J connectivity index is 2.34. The first-order valence-electron chi connectivity index (χ1n) is 6.89. The number of rotatable bonds is 5. The van der Waals surface area contributed by atoms with Gasteiger partial charge in [-0.1, -0.05) is 19.1 Å². The molecule has 23 heavy (non-hydrogen) atoms. The number of carbonyl (C=O) groups is 1. The lowest BCUT2D eigenvalue weighted by atomic mass is 10.1. The smallest absolute Gasteiger partial charge is 0.323 e. The summed E-state index contributed by atoms with van der Waals surface area (Å²) in [7, 11) is 1.28. The number of anilines is 1. The molecule has 0 saturated carbocycles. The second-order valence-corrected chi connectivity index (χ2v) is 4.73. The van der Waals surface area contributed by atoms with Crippen molar-refractivity contribution < 1.29 is 18.8 Å². The van der Waals surface area contributed by atoms with Crippen molar-refractivity contribution in [1.82, 2.24) is 0 Å². The Labute approximate surface area is 132 Å². The molecule has 0 aromatic heterocycles. The van der Waals surface area contributed by atoms with Crippen molar-refractivity contribution in [2.75, 3.05) is 12.4 Å². The first-order valence-corrected chi connectivity index (χ1v) is 6.89. The average Bonchev–Trinajstić information content (AvgIpc) is 2.54. The van der Waals surface area contributed by atoms with Crippen LogP contribution in [-0.2, 0) is 6.42 Å². The Morgan fingerprint density at radius 3 is 2.65 bits per heavy atom. The molecule has 0 saturated heterocycles. The van der Waals surface area contributed by atoms with E-state index in [1.807, 2.05) is 6.92 Å². The zero-order valence-corrected chi connectivity index (χ0v) is 12.6. The van der Waals surface area contributed by atoms with E-state index in [1.165, 1.54) is 31.4 Å². The zero-order chi connectivity index (χ0) is 17.0. The van der Waals surface area contributed by atoms with E-state index in [1.54, 1.807) is 12.1 Å². The molecule has 1 amide bonds. The average molecular weight is 318 g/mol. The minimum Gasteiger partial charge on any atom is -0.490 e. The molecule has 2 aromatic carbocycles. The zero-order valence-electron chi connectivity index (χ0n) is 12.6. The number of aryl methyl sites for hydroxylation is 1. The normalized spacial score (nSPS) is 10.2. The van der Waals surface area contributed by atoms with Crippen molar-refractivity contribution in [3.8, 4) is 5.75 Å². The number of nitro groups is 1. The second kappa shape index (κ2) is 6.87. The number of benzene rings is 2. The van der Waals surface area contributed by atoms with Crippen LogP contribution in [-0.4, -0.2) is 17.9 Å². The van der Waals surface area contributed by atoms with E-state index in [0.29, 0.717) is 12.0 Å². The van der Waals surface area contributed by atoms with Gasteiger partial charge in [0.25, 0.3) is 5.91 Å². The second-order valence-electron chi connectivity index (χ2n) is 4.73. The van der Waals surface area contributed by atoms with Crippen LogP contribution >= 0.6 is 0 Å². The van der Waals surface area contributed by atoms with Gasteiger partial charge in [-0.05, 0) is 36.2 Å². The number of halogens is 1. The number of ether oxygens (including phenoxy) is 1. The Morgan fingerprint density at radius 1 is 1.35 bits per heavy atom. The lowest BCUT2D eigenvalue weighted by Crippen LogP contribution is -2.14. The van der Waals surface area contributed by atoms with Crippen LogP contribution in [0.25, 0.3) is 0 Å². The highest BCUT2D eigenvalue weighted by atomic mass is 19.1. The fourth-order valence-electron chi connectivity index (χ4n) is 2.17. The van der Waals surface area contributed by atoms with E-state index in [0.717, 1.165) is 0 Å². The predicted molar refractivity (Wildman–Crippen MR) is 83.4 cm³/mol. The molecule has 2 aromatic rings. The first kappa shape index (κ1) is 16.4. The van der Waals surface area contributed by atoms with Crippen molar-refractivity contribution in [2.24, 2.45) is 0 Å². The van der Waals surface area contributed by atoms with Gasteiger partial charge in [0.15, 0.2) is 5.75 Å². The predicted octanol–water partition coefficient (Wildman–Crippen LogP) is 3.56. The molecule has 1 N–H and O–H groups in total. The molecule has 7 heteroatoms. The van der Waals surface area contributed by atoms with Crippen LogP contribution in [0.3, 0.4) is 0 Å². The Hall–Kier alpha value is -2.96. The molecule has 0 aliphatic carbocycles. The van der Waals surface area contributed by atoms with Gasteiger partial charge >= 0.3 is 5.69 Å². The van der Waals surface area contributed by atoms with E-state index < -0.39 is 22.3 Å². The molecule has 120 valence electrons. The summed E-state index contributed by atoms with van der Waals surface area (Å²) in [5.41, 5.74) is 0.157. The molecule has 0 spiro atoms. The Kier molecular flexibility index (Phi) is 4.90. The van der Waals surface area contributed by atoms with Crippen molar-refractivity contribution in [1.29, 1.82) is 0 Å². The van der Waals surface area contributed by atoms with Crippen LogP contribution in [0.5, 0.6) is 5.75 Å². The quantitative estimate of drug-likeness (QED) is 0.675. The number of methoxy groups -OCH3 is 1. The SMILES string of the molecule is CCc1ccc(NC(=O)c2cccc(OC)c2[N+](=O)[O-])cc1F. The third-order valence-corrected chi connectivity index (χ3v) is 3.34. The topological polar surface area (TPSA) is 81.5 Å². The maximum Gasteiger partial charge on any atom is 0.323 e. The van der Waals surface area contributed by atoms with Gasteiger partial charge in [0, 0.05) is 5.69 Å². The molecular weight excluding hydrogens is 303 g/mol. The molecule has 0 fully saturated rings. The summed E-state index contributed by atoms with van der Waals surface area (Å²) in [5.74, 6) is -1.17. The molecule has 2 rings (SSSR count). The molecule has 0 aliphatic rings. The first-order chi connectivity index (χ1) is 11.0. The number of nitrogens with zero attached hydrogens (tertiary/aromatic N) is 1. The summed E-state index contributed by atoms with van der Waals surface area (Å²) >= 11 is 0. The van der Waals surface area contributed by atoms with E-state index in [2.05, 4.69) is 5.32 Å². The summed E-state index contributed by atoms with van der Waals surface area (Å²) < 4.78 is 18.7. The van der Waals surface area contributed by atoms with Gasteiger partial charge in [-0.25, -0.2) is 4.39 Å². The number of hydrogen-bond acceptors (Lipinski definition) is 4. The standard InChI is InChI=1S/C16H15FN2O4/c1-3-10-7-8-11(9-13(10)17)18-16(20)12-5-4-6-14(23-2)15(12)19(21)22/h4-9H,3H2,1-2H3,(H,18,20). The van der Waals surface area contributed by atoms with E-state index in [9.17, 15) is 19.3 Å². The fourth-order valence-corrected chi connectivity index (χ4v) is 2.17. The third-order valence-electron chi connectivity index (χ3n) is 3.34. The van der Waals surface area contributed by atoms with Crippen molar-refractivity contribution in [3.05, 3.63) is 63.5 Å². The molecular formula is C16H15FN2O4. The maximum absolute atomic E-state index is 13.8. The van der Waals surface area contributed by atoms with Crippen LogP contribution in [0.4, 0.5) is 15.8 Å². The number of nitro benzene ring substituents is 1. The number of amides is 1. The van der Waals surface area contributed by atoms with Gasteiger partial charge in [-0.15, -0.1) is 0 Å². The van der Waals surface area contributed by atoms with Crippen LogP contribution < -0.4 is 10.1 Å². The minimum atomic E-state index is -0.709. The van der Waals surface area contributed by atoms with E-state index in [-0.39, 0.29) is 17.0 Å². The highest BCUT2D eigenvalue weighted by Crippen LogP contribution is 2.31. The third kappa shape index (κ3) is 3.45. The van der Waals surface area contributed by atoms with Crippen molar-refractivity contribution >= 4 is 17.3 Å². The molecule has 6 nitrogen and oxygen atoms in total. The van der Waals surface area contributed by atoms with Gasteiger partial charge < -0.3 is 10.1 Å². The maximum atomic E-state index is 13.8. The summed E-state index contributed by atoms with van der Waals surface area (Å²) in [6.45, 7) is 1.82. The number of nitrogens with one attached hydrogen (secondary N) is 1. The van der Waals surface area contributed by atoms with Gasteiger partial charge in [-0.3, -0.25) is 14.9 Å². The largest absolute Gasteiger partial charge is 0.490 e. The summed E-state index contributed by atoms with van der Waals surface area (Å²) in [4.78, 5) is 22.8. The summed E-state index contributed by atoms with van der Waals surface area (Å²) in [6.07, 6.45) is 0.529. The number of carbonyl (C=O) groups excluding carboxylic acids is 1. The minimum absolute atomic E-state index is 0.0184. The van der Waals surface area contributed by atoms with Gasteiger partial charge in [0.05, 0.1) is 12.0 Å². The monoisotopic (exact) mass is 318 g/mol. The highest BCUT2D eigenvalue weighted by Gasteiger charge is 2.25.